The minimum absolute atomic E-state index is 0.0135. The van der Waals surface area contributed by atoms with Gasteiger partial charge >= 0.3 is 0 Å². The molecule has 304 valence electrons. The number of hydroxylamine groups is 2. The van der Waals surface area contributed by atoms with Crippen LogP contribution in [0.1, 0.15) is 65.2 Å². The Kier molecular flexibility index (Phi) is 14.7. The Bertz CT molecular complexity index is 1400. The summed E-state index contributed by atoms with van der Waals surface area (Å²) in [7, 11) is 0. The monoisotopic (exact) mass is 768 g/mol. The van der Waals surface area contributed by atoms with Crippen molar-refractivity contribution in [2.75, 3.05) is 19.7 Å². The van der Waals surface area contributed by atoms with Crippen LogP contribution in [0.25, 0.3) is 0 Å². The predicted octanol–water partition coefficient (Wildman–Crippen LogP) is 1.01. The van der Waals surface area contributed by atoms with Crippen molar-refractivity contribution in [3.05, 3.63) is 56.0 Å². The molecule has 54 heavy (non-hydrogen) atoms. The quantitative estimate of drug-likeness (QED) is 0.0587. The number of piperidine rings is 1. The summed E-state index contributed by atoms with van der Waals surface area (Å²) in [5.74, 6) is -1.27. The second-order valence-electron chi connectivity index (χ2n) is 15.0. The van der Waals surface area contributed by atoms with E-state index >= 15 is 0 Å². The molecule has 3 saturated heterocycles. The first-order valence-corrected chi connectivity index (χ1v) is 18.7. The topological polar surface area (TPSA) is 281 Å². The van der Waals surface area contributed by atoms with Crippen LogP contribution < -0.4 is 11.1 Å². The molecule has 0 aromatic rings. The van der Waals surface area contributed by atoms with Gasteiger partial charge in [0.15, 0.2) is 6.29 Å². The molecule has 2 aliphatic carbocycles. The van der Waals surface area contributed by atoms with Crippen LogP contribution in [-0.4, -0.2) is 136 Å². The van der Waals surface area contributed by atoms with E-state index in [2.05, 4.69) is 17.1 Å². The molecule has 14 unspecified atom stereocenters. The van der Waals surface area contributed by atoms with E-state index in [1.54, 1.807) is 13.8 Å². The van der Waals surface area contributed by atoms with Crippen molar-refractivity contribution >= 4 is 5.91 Å². The van der Waals surface area contributed by atoms with Crippen molar-refractivity contribution in [3.8, 4) is 0 Å². The van der Waals surface area contributed by atoms with E-state index in [1.807, 2.05) is 0 Å². The predicted molar refractivity (Wildman–Crippen MR) is 189 cm³/mol. The second kappa shape index (κ2) is 18.8. The average molecular weight is 769 g/mol. The summed E-state index contributed by atoms with van der Waals surface area (Å²) in [6.07, 6.45) is -4.73. The van der Waals surface area contributed by atoms with E-state index in [0.29, 0.717) is 17.1 Å². The van der Waals surface area contributed by atoms with Crippen LogP contribution in [0.15, 0.2) is 40.9 Å². The van der Waals surface area contributed by atoms with E-state index in [1.165, 1.54) is 12.2 Å². The molecule has 1 saturated carbocycles. The number of aliphatic hydroxyl groups is 4. The molecule has 0 aromatic carbocycles. The van der Waals surface area contributed by atoms with Gasteiger partial charge in [0.25, 0.3) is 0 Å². The minimum Gasteiger partial charge on any atom is -0.783 e. The molecule has 5 rings (SSSR count). The van der Waals surface area contributed by atoms with Gasteiger partial charge < -0.3 is 65.4 Å². The molecule has 0 radical (unpaired) electrons. The number of carbonyl (C=O) groups is 1. The zero-order chi connectivity index (χ0) is 39.3. The van der Waals surface area contributed by atoms with E-state index in [-0.39, 0.29) is 43.4 Å². The summed E-state index contributed by atoms with van der Waals surface area (Å²) >= 11 is 0. The van der Waals surface area contributed by atoms with Crippen LogP contribution >= 0.6 is 0 Å². The van der Waals surface area contributed by atoms with E-state index < -0.39 is 103 Å². The Morgan fingerprint density at radius 2 is 1.85 bits per heavy atom. The molecule has 0 bridgehead atoms. The SMILES string of the molecule is C=C(O)C(CC1CCCCC1)OC1C(N)C(CN=O)N([O-])C(OC2COC(CNC(=O)C3=CC=C([N+](=O)[O-])CC3)C2OC2OC(C)C(O)C(O)C2C)C1O. The molecule has 0 spiro atoms. The lowest BCUT2D eigenvalue weighted by atomic mass is 9.85. The van der Waals surface area contributed by atoms with Crippen molar-refractivity contribution in [2.45, 2.75) is 145 Å². The number of hydrogen-bond donors (Lipinski definition) is 6. The number of rotatable bonds is 15. The summed E-state index contributed by atoms with van der Waals surface area (Å²) in [4.78, 5) is 35.1. The molecule has 19 nitrogen and oxygen atoms in total. The number of nitro groups is 1. The number of ether oxygens (including phenoxy) is 5. The van der Waals surface area contributed by atoms with Gasteiger partial charge in [0.1, 0.15) is 54.7 Å². The molecule has 7 N–H and O–H groups in total. The van der Waals surface area contributed by atoms with Crippen LogP contribution in [0.5, 0.6) is 0 Å². The van der Waals surface area contributed by atoms with Crippen molar-refractivity contribution in [1.82, 2.24) is 10.4 Å². The van der Waals surface area contributed by atoms with E-state index in [0.717, 1.165) is 32.1 Å². The first kappa shape index (κ1) is 42.2. The molecule has 0 aromatic heterocycles. The van der Waals surface area contributed by atoms with Crippen molar-refractivity contribution in [3.63, 3.8) is 0 Å². The highest BCUT2D eigenvalue weighted by Gasteiger charge is 2.51. The van der Waals surface area contributed by atoms with Gasteiger partial charge in [-0.05, 0) is 31.8 Å². The Balaban J connectivity index is 1.36. The summed E-state index contributed by atoms with van der Waals surface area (Å²) < 4.78 is 30.7. The van der Waals surface area contributed by atoms with Gasteiger partial charge in [0.05, 0.1) is 36.3 Å². The Labute approximate surface area is 313 Å². The number of nitrogens with two attached hydrogens (primary N) is 1. The standard InChI is InChI=1S/C35H54N5O14/c1-17-28(42)29(43)19(3)51-35(17)54-31-25(15-37-33(45)21-9-11-22(12-10-21)40(48)49)50-16-26(31)53-34-30(44)32(27(36)23(14-38-46)39(34)47)52-24(18(2)41)13-20-7-5-4-6-8-20/h9,11,17,19-20,23-32,34-35,41-44H,2,4-8,10,12-16,36H2,1,3H3,(H,37,45)/q-1. The third-order valence-corrected chi connectivity index (χ3v) is 11.3. The first-order chi connectivity index (χ1) is 25.7. The normalized spacial score (nSPS) is 38.6. The number of aliphatic hydroxyl groups excluding tert-OH is 4. The molecule has 3 aliphatic heterocycles. The number of amides is 1. The minimum atomic E-state index is -1.70. The maximum atomic E-state index is 13.8. The molecular formula is C35H54N5O14-. The van der Waals surface area contributed by atoms with Gasteiger partial charge in [-0.2, -0.15) is 4.91 Å². The van der Waals surface area contributed by atoms with Crippen LogP contribution in [0.2, 0.25) is 0 Å². The fourth-order valence-corrected chi connectivity index (χ4v) is 7.94. The fourth-order valence-electron chi connectivity index (χ4n) is 7.94. The summed E-state index contributed by atoms with van der Waals surface area (Å²) in [5.41, 5.74) is 6.74. The molecule has 1 amide bonds. The maximum absolute atomic E-state index is 13.8. The zero-order valence-electron chi connectivity index (χ0n) is 30.6. The Hall–Kier alpha value is -2.95. The number of nitroso groups, excluding NO2 is 1. The highest BCUT2D eigenvalue weighted by molar-refractivity contribution is 5.94. The van der Waals surface area contributed by atoms with Crippen molar-refractivity contribution in [1.29, 1.82) is 0 Å². The lowest BCUT2D eigenvalue weighted by Crippen LogP contribution is -2.70. The Morgan fingerprint density at radius 3 is 2.48 bits per heavy atom. The number of allylic oxidation sites excluding steroid dienone is 3. The third kappa shape index (κ3) is 9.70. The third-order valence-electron chi connectivity index (χ3n) is 11.3. The largest absolute Gasteiger partial charge is 0.783 e. The van der Waals surface area contributed by atoms with Crippen LogP contribution in [0, 0.1) is 32.1 Å². The van der Waals surface area contributed by atoms with Gasteiger partial charge in [-0.3, -0.25) is 14.9 Å². The smallest absolute Gasteiger partial charge is 0.247 e. The van der Waals surface area contributed by atoms with Gasteiger partial charge in [-0.25, -0.2) is 0 Å². The van der Waals surface area contributed by atoms with Crippen molar-refractivity contribution < 1.29 is 53.8 Å². The second-order valence-corrected chi connectivity index (χ2v) is 15.0. The summed E-state index contributed by atoms with van der Waals surface area (Å²) in [6, 6.07) is -2.50. The van der Waals surface area contributed by atoms with Crippen molar-refractivity contribution in [2.24, 2.45) is 22.7 Å². The highest BCUT2D eigenvalue weighted by atomic mass is 16.7. The van der Waals surface area contributed by atoms with Gasteiger partial charge in [0.2, 0.25) is 11.6 Å². The molecule has 19 heteroatoms. The van der Waals surface area contributed by atoms with Crippen LogP contribution in [-0.2, 0) is 28.5 Å². The lowest BCUT2D eigenvalue weighted by molar-refractivity contribution is -0.428. The van der Waals surface area contributed by atoms with E-state index in [9.17, 15) is 45.4 Å². The summed E-state index contributed by atoms with van der Waals surface area (Å²) in [6.45, 7) is 5.94. The molecular weight excluding hydrogens is 714 g/mol. The molecule has 3 heterocycles. The molecule has 4 fully saturated rings. The number of nitrogens with zero attached hydrogens (tertiary/aromatic N) is 3. The highest BCUT2D eigenvalue weighted by Crippen LogP contribution is 2.36. The molecule has 14 atom stereocenters. The summed E-state index contributed by atoms with van der Waals surface area (Å²) in [5, 5.41) is 74.1. The number of hydrogen-bond acceptors (Lipinski definition) is 17. The van der Waals surface area contributed by atoms with Crippen LogP contribution in [0.3, 0.4) is 0 Å². The van der Waals surface area contributed by atoms with Crippen LogP contribution in [0.4, 0.5) is 0 Å². The molecule has 5 aliphatic rings. The van der Waals surface area contributed by atoms with Gasteiger partial charge in [0, 0.05) is 36.6 Å². The maximum Gasteiger partial charge on any atom is 0.247 e. The zero-order valence-corrected chi connectivity index (χ0v) is 30.6. The lowest BCUT2D eigenvalue weighted by Gasteiger charge is -2.54. The fraction of sp³-hybridized carbons (Fsp3) is 0.800. The van der Waals surface area contributed by atoms with Gasteiger partial charge in [-0.1, -0.05) is 50.8 Å². The number of carbonyl (C=O) groups excluding carboxylic acids is 1. The average Bonchev–Trinajstić information content (AvgIpc) is 3.53. The van der Waals surface area contributed by atoms with Gasteiger partial charge in [-0.15, -0.1) is 0 Å². The Morgan fingerprint density at radius 1 is 1.13 bits per heavy atom. The first-order valence-electron chi connectivity index (χ1n) is 18.7. The number of nitrogens with one attached hydrogen (secondary N) is 1. The van der Waals surface area contributed by atoms with E-state index in [4.69, 9.17) is 29.4 Å².